The van der Waals surface area contributed by atoms with Gasteiger partial charge in [0.2, 0.25) is 0 Å². The second-order valence-electron chi connectivity index (χ2n) is 5.43. The van der Waals surface area contributed by atoms with E-state index >= 15 is 0 Å². The summed E-state index contributed by atoms with van der Waals surface area (Å²) in [5.74, 6) is -0.691. The molecule has 0 aromatic rings. The van der Waals surface area contributed by atoms with Crippen LogP contribution in [0.15, 0.2) is 0 Å². The van der Waals surface area contributed by atoms with Gasteiger partial charge in [0.15, 0.2) is 0 Å². The summed E-state index contributed by atoms with van der Waals surface area (Å²) in [4.78, 5) is 22.0. The Labute approximate surface area is 116 Å². The molecule has 6 heteroatoms. The van der Waals surface area contributed by atoms with Crippen molar-refractivity contribution in [3.63, 3.8) is 0 Å². The number of hydrogen-bond donors (Lipinski definition) is 2. The largest absolute Gasteiger partial charge is 0.481 e. The van der Waals surface area contributed by atoms with Crippen molar-refractivity contribution in [1.29, 1.82) is 0 Å². The highest BCUT2D eigenvalue weighted by Crippen LogP contribution is 2.11. The van der Waals surface area contributed by atoms with Crippen molar-refractivity contribution in [1.82, 2.24) is 5.32 Å². The zero-order valence-corrected chi connectivity index (χ0v) is 12.7. The van der Waals surface area contributed by atoms with Gasteiger partial charge in [-0.1, -0.05) is 13.8 Å². The molecule has 0 aromatic heterocycles. The summed E-state index contributed by atoms with van der Waals surface area (Å²) in [6, 6.07) is -0.180. The van der Waals surface area contributed by atoms with E-state index in [9.17, 15) is 9.59 Å². The molecule has 0 heterocycles. The minimum absolute atomic E-state index is 0. The lowest BCUT2D eigenvalue weighted by molar-refractivity contribution is -0.137. The number of carbonyl (C=O) groups excluding carboxylic acids is 1. The van der Waals surface area contributed by atoms with Crippen LogP contribution in [0.1, 0.15) is 47.5 Å². The topological polar surface area (TPSA) is 75.6 Å². The third-order valence-electron chi connectivity index (χ3n) is 2.18. The van der Waals surface area contributed by atoms with Gasteiger partial charge in [-0.15, -0.1) is 0 Å². The molecule has 0 spiro atoms. The molecular formula is C12H25NO4S. The van der Waals surface area contributed by atoms with Crippen molar-refractivity contribution in [3.8, 4) is 0 Å². The Morgan fingerprint density at radius 3 is 2.11 bits per heavy atom. The number of carboxylic acid groups (broad SMARTS) is 1. The van der Waals surface area contributed by atoms with Gasteiger partial charge in [0.25, 0.3) is 0 Å². The summed E-state index contributed by atoms with van der Waals surface area (Å²) in [6.07, 6.45) is -0.0492. The molecule has 0 aromatic carbocycles. The molecule has 18 heavy (non-hydrogen) atoms. The third-order valence-corrected chi connectivity index (χ3v) is 2.18. The zero-order valence-electron chi connectivity index (χ0n) is 11.7. The number of amides is 1. The first-order valence-electron chi connectivity index (χ1n) is 5.83. The molecule has 5 nitrogen and oxygen atoms in total. The molecule has 0 rings (SSSR count). The van der Waals surface area contributed by atoms with Crippen LogP contribution in [0.2, 0.25) is 0 Å². The normalized spacial score (nSPS) is 12.6. The van der Waals surface area contributed by atoms with Gasteiger partial charge >= 0.3 is 12.1 Å². The molecule has 0 unspecified atom stereocenters. The highest BCUT2D eigenvalue weighted by atomic mass is 32.1. The van der Waals surface area contributed by atoms with Crippen molar-refractivity contribution in [2.45, 2.75) is 59.1 Å². The second kappa shape index (κ2) is 8.24. The van der Waals surface area contributed by atoms with Crippen LogP contribution in [-0.4, -0.2) is 28.8 Å². The molecule has 0 aliphatic carbocycles. The van der Waals surface area contributed by atoms with E-state index in [2.05, 4.69) is 5.32 Å². The molecule has 108 valence electrons. The van der Waals surface area contributed by atoms with Gasteiger partial charge in [-0.05, 0) is 33.1 Å². The predicted octanol–water partition coefficient (Wildman–Crippen LogP) is 2.51. The van der Waals surface area contributed by atoms with E-state index in [1.54, 1.807) is 20.8 Å². The average Bonchev–Trinajstić information content (AvgIpc) is 2.08. The van der Waals surface area contributed by atoms with Crippen LogP contribution in [0, 0.1) is 5.92 Å². The number of ether oxygens (including phenoxy) is 1. The minimum Gasteiger partial charge on any atom is -0.481 e. The molecule has 0 bridgehead atoms. The summed E-state index contributed by atoms with van der Waals surface area (Å²) < 4.78 is 5.13. The monoisotopic (exact) mass is 279 g/mol. The van der Waals surface area contributed by atoms with E-state index in [1.807, 2.05) is 13.8 Å². The first-order chi connectivity index (χ1) is 7.61. The van der Waals surface area contributed by atoms with Crippen LogP contribution in [0.3, 0.4) is 0 Å². The van der Waals surface area contributed by atoms with Crippen molar-refractivity contribution in [2.75, 3.05) is 0 Å². The lowest BCUT2D eigenvalue weighted by Crippen LogP contribution is -2.42. The molecule has 0 radical (unpaired) electrons. The van der Waals surface area contributed by atoms with E-state index in [0.717, 1.165) is 0 Å². The van der Waals surface area contributed by atoms with E-state index in [0.29, 0.717) is 6.42 Å². The Morgan fingerprint density at radius 1 is 1.28 bits per heavy atom. The maximum Gasteiger partial charge on any atom is 0.407 e. The fourth-order valence-electron chi connectivity index (χ4n) is 1.31. The number of carbonyl (C=O) groups is 2. The van der Waals surface area contributed by atoms with Crippen molar-refractivity contribution < 1.29 is 19.4 Å². The molecule has 0 fully saturated rings. The number of alkyl carbamates (subject to hydrolysis) is 1. The molecule has 1 atom stereocenters. The Hall–Kier alpha value is -0.910. The Morgan fingerprint density at radius 2 is 1.78 bits per heavy atom. The Balaban J connectivity index is 0. The van der Waals surface area contributed by atoms with E-state index in [4.69, 9.17) is 9.84 Å². The van der Waals surface area contributed by atoms with Crippen LogP contribution in [-0.2, 0) is 9.53 Å². The summed E-state index contributed by atoms with van der Waals surface area (Å²) in [6.45, 7) is 9.23. The van der Waals surface area contributed by atoms with Crippen LogP contribution >= 0.6 is 13.5 Å². The lowest BCUT2D eigenvalue weighted by atomic mass is 9.99. The maximum atomic E-state index is 11.5. The van der Waals surface area contributed by atoms with E-state index < -0.39 is 17.7 Å². The quantitative estimate of drug-likeness (QED) is 0.811. The predicted molar refractivity (Wildman–Crippen MR) is 75.2 cm³/mol. The van der Waals surface area contributed by atoms with Crippen LogP contribution < -0.4 is 5.32 Å². The zero-order chi connectivity index (χ0) is 13.6. The smallest absolute Gasteiger partial charge is 0.407 e. The SMILES string of the molecule is CC(C)[C@H](CCC(=O)O)NC(=O)OC(C)(C)C.S. The summed E-state index contributed by atoms with van der Waals surface area (Å²) in [5, 5.41) is 11.3. The third kappa shape index (κ3) is 10.3. The molecular weight excluding hydrogens is 254 g/mol. The highest BCUT2D eigenvalue weighted by Gasteiger charge is 2.21. The van der Waals surface area contributed by atoms with Gasteiger partial charge < -0.3 is 15.2 Å². The van der Waals surface area contributed by atoms with Crippen molar-refractivity contribution >= 4 is 25.6 Å². The van der Waals surface area contributed by atoms with Gasteiger partial charge in [0.1, 0.15) is 5.60 Å². The number of carboxylic acids is 1. The first-order valence-corrected chi connectivity index (χ1v) is 5.83. The molecule has 0 saturated carbocycles. The summed E-state index contributed by atoms with van der Waals surface area (Å²) in [5.41, 5.74) is -0.543. The van der Waals surface area contributed by atoms with Gasteiger partial charge in [0, 0.05) is 12.5 Å². The molecule has 0 aliphatic heterocycles. The summed E-state index contributed by atoms with van der Waals surface area (Å²) in [7, 11) is 0. The number of hydrogen-bond acceptors (Lipinski definition) is 3. The second-order valence-corrected chi connectivity index (χ2v) is 5.43. The fourth-order valence-corrected chi connectivity index (χ4v) is 1.31. The van der Waals surface area contributed by atoms with Crippen LogP contribution in [0.4, 0.5) is 4.79 Å². The number of nitrogens with one attached hydrogen (secondary N) is 1. The average molecular weight is 279 g/mol. The minimum atomic E-state index is -0.860. The maximum absolute atomic E-state index is 11.5. The van der Waals surface area contributed by atoms with Crippen LogP contribution in [0.25, 0.3) is 0 Å². The van der Waals surface area contributed by atoms with Crippen molar-refractivity contribution in [3.05, 3.63) is 0 Å². The van der Waals surface area contributed by atoms with Crippen LogP contribution in [0.5, 0.6) is 0 Å². The standard InChI is InChI=1S/C12H23NO4.H2S/c1-8(2)9(6-7-10(14)15)13-11(16)17-12(3,4)5;/h8-9H,6-7H2,1-5H3,(H,13,16)(H,14,15);1H2/t9-;/m0./s1. The molecule has 2 N–H and O–H groups in total. The lowest BCUT2D eigenvalue weighted by Gasteiger charge is -2.25. The van der Waals surface area contributed by atoms with Gasteiger partial charge in [-0.2, -0.15) is 13.5 Å². The summed E-state index contributed by atoms with van der Waals surface area (Å²) >= 11 is 0. The van der Waals surface area contributed by atoms with Gasteiger partial charge in [-0.25, -0.2) is 4.79 Å². The van der Waals surface area contributed by atoms with E-state index in [-0.39, 0.29) is 31.9 Å². The number of aliphatic carboxylic acids is 1. The first kappa shape index (κ1) is 19.4. The Bertz CT molecular complexity index is 274. The number of rotatable bonds is 5. The fraction of sp³-hybridized carbons (Fsp3) is 0.833. The highest BCUT2D eigenvalue weighted by molar-refractivity contribution is 7.59. The molecule has 0 saturated heterocycles. The molecule has 1 amide bonds. The van der Waals surface area contributed by atoms with Crippen molar-refractivity contribution in [2.24, 2.45) is 5.92 Å². The Kier molecular flexibility index (Phi) is 8.89. The van der Waals surface area contributed by atoms with E-state index in [1.165, 1.54) is 0 Å². The molecule has 0 aliphatic rings. The van der Waals surface area contributed by atoms with Gasteiger partial charge in [0.05, 0.1) is 0 Å². The van der Waals surface area contributed by atoms with Gasteiger partial charge in [-0.3, -0.25) is 4.79 Å².